The highest BCUT2D eigenvalue weighted by Gasteiger charge is 2.08. The molecule has 23 heavy (non-hydrogen) atoms. The molecule has 2 aromatic rings. The Labute approximate surface area is 137 Å². The molecular weight excluding hydrogens is 286 g/mol. The zero-order valence-electron chi connectivity index (χ0n) is 13.9. The van der Waals surface area contributed by atoms with Gasteiger partial charge in [-0.05, 0) is 37.1 Å². The quantitative estimate of drug-likeness (QED) is 0.437. The van der Waals surface area contributed by atoms with Crippen LogP contribution in [0.1, 0.15) is 31.1 Å². The van der Waals surface area contributed by atoms with Crippen LogP contribution in [-0.4, -0.2) is 22.5 Å². The molecule has 1 heterocycles. The Morgan fingerprint density at radius 1 is 1.39 bits per heavy atom. The number of aliphatic imine (C=N–C) groups is 1. The largest absolute Gasteiger partial charge is 0.486 e. The molecule has 0 N–H and O–H groups in total. The van der Waals surface area contributed by atoms with E-state index < -0.39 is 0 Å². The van der Waals surface area contributed by atoms with Gasteiger partial charge in [-0.25, -0.2) is 0 Å². The van der Waals surface area contributed by atoms with Crippen molar-refractivity contribution in [1.82, 2.24) is 9.78 Å². The zero-order chi connectivity index (χ0) is 16.7. The Bertz CT molecular complexity index is 682. The van der Waals surface area contributed by atoms with Gasteiger partial charge in [-0.15, -0.1) is 0 Å². The third-order valence-electron chi connectivity index (χ3n) is 3.57. The van der Waals surface area contributed by atoms with Crippen molar-refractivity contribution >= 4 is 5.71 Å². The van der Waals surface area contributed by atoms with Crippen molar-refractivity contribution in [3.05, 3.63) is 78.3 Å². The van der Waals surface area contributed by atoms with Gasteiger partial charge in [-0.2, -0.15) is 5.10 Å². The minimum absolute atomic E-state index is 0.0531. The van der Waals surface area contributed by atoms with Gasteiger partial charge in [-0.1, -0.05) is 30.8 Å². The Balaban J connectivity index is 2.03. The van der Waals surface area contributed by atoms with E-state index >= 15 is 0 Å². The summed E-state index contributed by atoms with van der Waals surface area (Å²) in [5.74, 6) is 0.723. The van der Waals surface area contributed by atoms with Crippen LogP contribution < -0.4 is 0 Å². The molecule has 0 bridgehead atoms. The maximum Gasteiger partial charge on any atom is 0.121 e. The average molecular weight is 309 g/mol. The lowest BCUT2D eigenvalue weighted by molar-refractivity contribution is 0.143. The summed E-state index contributed by atoms with van der Waals surface area (Å²) in [5, 5.41) is 4.22. The smallest absolute Gasteiger partial charge is 0.121 e. The molecular formula is C19H23N3O. The molecule has 0 saturated carbocycles. The summed E-state index contributed by atoms with van der Waals surface area (Å²) in [6.45, 7) is 8.52. The molecule has 0 aliphatic rings. The fourth-order valence-corrected chi connectivity index (χ4v) is 2.16. The third-order valence-corrected chi connectivity index (χ3v) is 3.57. The second-order valence-corrected chi connectivity index (χ2v) is 5.32. The first-order chi connectivity index (χ1) is 11.1. The Kier molecular flexibility index (Phi) is 5.92. The van der Waals surface area contributed by atoms with E-state index in [1.165, 1.54) is 5.56 Å². The van der Waals surface area contributed by atoms with Gasteiger partial charge in [0, 0.05) is 31.2 Å². The lowest BCUT2D eigenvalue weighted by atomic mass is 10.1. The number of hydrogen-bond donors (Lipinski definition) is 0. The first-order valence-electron chi connectivity index (χ1n) is 7.63. The minimum atomic E-state index is -0.0531. The van der Waals surface area contributed by atoms with Crippen LogP contribution in [0, 0.1) is 0 Å². The molecule has 4 nitrogen and oxygen atoms in total. The molecule has 0 spiro atoms. The second kappa shape index (κ2) is 8.13. The topological polar surface area (TPSA) is 39.4 Å². The van der Waals surface area contributed by atoms with Crippen molar-refractivity contribution in [2.75, 3.05) is 7.05 Å². The molecule has 1 unspecified atom stereocenters. The minimum Gasteiger partial charge on any atom is -0.486 e. The molecule has 1 aromatic heterocycles. The number of nitrogens with zero attached hydrogens (tertiary/aromatic N) is 3. The second-order valence-electron chi connectivity index (χ2n) is 5.32. The normalized spacial score (nSPS) is 13.7. The number of rotatable bonds is 7. The van der Waals surface area contributed by atoms with Crippen LogP contribution in [0.3, 0.4) is 0 Å². The van der Waals surface area contributed by atoms with Crippen molar-refractivity contribution in [3.8, 4) is 0 Å². The van der Waals surface area contributed by atoms with Gasteiger partial charge in [0.1, 0.15) is 11.9 Å². The first kappa shape index (κ1) is 16.7. The van der Waals surface area contributed by atoms with E-state index in [2.05, 4.69) is 40.9 Å². The Hall–Kier alpha value is -2.62. The predicted octanol–water partition coefficient (Wildman–Crippen LogP) is 4.17. The van der Waals surface area contributed by atoms with E-state index in [1.54, 1.807) is 19.3 Å². The summed E-state index contributed by atoms with van der Waals surface area (Å²) < 4.78 is 7.85. The Morgan fingerprint density at radius 3 is 2.70 bits per heavy atom. The fourth-order valence-electron chi connectivity index (χ4n) is 2.16. The van der Waals surface area contributed by atoms with Crippen molar-refractivity contribution < 1.29 is 4.74 Å². The van der Waals surface area contributed by atoms with Crippen molar-refractivity contribution in [1.29, 1.82) is 0 Å². The van der Waals surface area contributed by atoms with Crippen LogP contribution >= 0.6 is 0 Å². The molecule has 0 fully saturated rings. The van der Waals surface area contributed by atoms with Gasteiger partial charge in [0.25, 0.3) is 0 Å². The van der Waals surface area contributed by atoms with E-state index in [0.717, 1.165) is 23.6 Å². The van der Waals surface area contributed by atoms with Gasteiger partial charge >= 0.3 is 0 Å². The van der Waals surface area contributed by atoms with Crippen LogP contribution in [0.25, 0.3) is 0 Å². The van der Waals surface area contributed by atoms with E-state index in [1.807, 2.05) is 36.9 Å². The molecule has 4 heteroatoms. The van der Waals surface area contributed by atoms with Crippen molar-refractivity contribution in [2.24, 2.45) is 4.99 Å². The molecule has 0 aliphatic carbocycles. The van der Waals surface area contributed by atoms with Gasteiger partial charge in [0.15, 0.2) is 0 Å². The molecule has 0 aliphatic heterocycles. The number of allylic oxidation sites excluding steroid dienone is 2. The van der Waals surface area contributed by atoms with Gasteiger partial charge in [-0.3, -0.25) is 9.67 Å². The van der Waals surface area contributed by atoms with Crippen LogP contribution in [0.5, 0.6) is 0 Å². The summed E-state index contributed by atoms with van der Waals surface area (Å²) in [7, 11) is 1.76. The molecule has 1 aromatic carbocycles. The zero-order valence-corrected chi connectivity index (χ0v) is 13.9. The summed E-state index contributed by atoms with van der Waals surface area (Å²) in [6, 6.07) is 10.3. The maximum atomic E-state index is 5.95. The number of aromatic nitrogens is 2. The number of benzene rings is 1. The van der Waals surface area contributed by atoms with Gasteiger partial charge in [0.2, 0.25) is 0 Å². The van der Waals surface area contributed by atoms with E-state index in [0.29, 0.717) is 0 Å². The number of hydrogen-bond acceptors (Lipinski definition) is 3. The molecule has 2 rings (SSSR count). The standard InChI is InChI=1S/C19H23N3O/c1-5-19(13-15(2)20-4)23-16(3)18-9-7-17(8-10-18)14-22-12-6-11-21-22/h5-13,16H,1,14H2,2-4H3/b19-13+,20-15-. The summed E-state index contributed by atoms with van der Waals surface area (Å²) in [6.07, 6.45) is 7.28. The third kappa shape index (κ3) is 4.95. The van der Waals surface area contributed by atoms with E-state index in [-0.39, 0.29) is 6.10 Å². The van der Waals surface area contributed by atoms with E-state index in [9.17, 15) is 0 Å². The molecule has 120 valence electrons. The van der Waals surface area contributed by atoms with Crippen molar-refractivity contribution in [3.63, 3.8) is 0 Å². The molecule has 0 saturated heterocycles. The fraction of sp³-hybridized carbons (Fsp3) is 0.263. The SMILES string of the molecule is C=C/C(=C\C(C)=N/C)OC(C)c1ccc(Cn2cccn2)cc1. The maximum absolute atomic E-state index is 5.95. The van der Waals surface area contributed by atoms with Crippen LogP contribution in [0.4, 0.5) is 0 Å². The predicted molar refractivity (Wildman–Crippen MR) is 94.6 cm³/mol. The highest BCUT2D eigenvalue weighted by molar-refractivity contribution is 5.93. The van der Waals surface area contributed by atoms with Crippen LogP contribution in [0.15, 0.2) is 72.2 Å². The molecule has 0 radical (unpaired) electrons. The van der Waals surface area contributed by atoms with Crippen LogP contribution in [0.2, 0.25) is 0 Å². The monoisotopic (exact) mass is 309 g/mol. The summed E-state index contributed by atoms with van der Waals surface area (Å²) >= 11 is 0. The summed E-state index contributed by atoms with van der Waals surface area (Å²) in [5.41, 5.74) is 3.23. The van der Waals surface area contributed by atoms with Crippen LogP contribution in [-0.2, 0) is 11.3 Å². The lowest BCUT2D eigenvalue weighted by Gasteiger charge is -2.16. The highest BCUT2D eigenvalue weighted by Crippen LogP contribution is 2.21. The number of ether oxygens (including phenoxy) is 1. The average Bonchev–Trinajstić information content (AvgIpc) is 3.07. The molecule has 1 atom stereocenters. The van der Waals surface area contributed by atoms with Gasteiger partial charge < -0.3 is 4.74 Å². The molecule has 0 amide bonds. The lowest BCUT2D eigenvalue weighted by Crippen LogP contribution is -2.02. The van der Waals surface area contributed by atoms with Gasteiger partial charge in [0.05, 0.1) is 6.54 Å². The Morgan fingerprint density at radius 2 is 2.13 bits per heavy atom. The van der Waals surface area contributed by atoms with E-state index in [4.69, 9.17) is 4.74 Å². The first-order valence-corrected chi connectivity index (χ1v) is 7.63. The summed E-state index contributed by atoms with van der Waals surface area (Å²) in [4.78, 5) is 4.11. The highest BCUT2D eigenvalue weighted by atomic mass is 16.5. The van der Waals surface area contributed by atoms with Crippen molar-refractivity contribution in [2.45, 2.75) is 26.5 Å².